The lowest BCUT2D eigenvalue weighted by molar-refractivity contribution is 0.0661. The van der Waals surface area contributed by atoms with Crippen LogP contribution in [-0.4, -0.2) is 16.1 Å². The lowest BCUT2D eigenvalue weighted by Gasteiger charge is -2.00. The van der Waals surface area contributed by atoms with Crippen LogP contribution in [0, 0.1) is 5.92 Å². The molecule has 4 nitrogen and oxygen atoms in total. The normalized spacial score (nSPS) is 11.1. The smallest absolute Gasteiger partial charge is 0.373 e. The summed E-state index contributed by atoms with van der Waals surface area (Å²) in [5, 5.41) is 10.0. The first-order valence-electron chi connectivity index (χ1n) is 6.07. The van der Waals surface area contributed by atoms with E-state index in [1.54, 1.807) is 18.2 Å². The molecule has 1 aromatic heterocycles. The molecule has 2 aromatic rings. The Labute approximate surface area is 126 Å². The van der Waals surface area contributed by atoms with E-state index in [0.717, 1.165) is 0 Å². The highest BCUT2D eigenvalue weighted by Gasteiger charge is 2.22. The molecular weight excluding hydrogens is 301 g/mol. The van der Waals surface area contributed by atoms with Crippen molar-refractivity contribution in [2.45, 2.75) is 20.3 Å². The van der Waals surface area contributed by atoms with Gasteiger partial charge in [0.2, 0.25) is 11.7 Å². The molecule has 0 atom stereocenters. The van der Waals surface area contributed by atoms with Gasteiger partial charge in [0.15, 0.2) is 0 Å². The van der Waals surface area contributed by atoms with Crippen LogP contribution in [0.15, 0.2) is 22.6 Å². The SMILES string of the molecule is CC(C)Cc1nc(-c2ccc(Cl)cc2Cl)oc1C(=O)O. The van der Waals surface area contributed by atoms with E-state index in [1.165, 1.54) is 0 Å². The summed E-state index contributed by atoms with van der Waals surface area (Å²) >= 11 is 11.9. The number of rotatable bonds is 4. The van der Waals surface area contributed by atoms with Gasteiger partial charge in [0.05, 0.1) is 16.3 Å². The summed E-state index contributed by atoms with van der Waals surface area (Å²) in [7, 11) is 0. The summed E-state index contributed by atoms with van der Waals surface area (Å²) in [6.45, 7) is 3.96. The molecule has 0 aliphatic rings. The molecule has 0 saturated heterocycles. The molecule has 1 aromatic carbocycles. The number of benzene rings is 1. The van der Waals surface area contributed by atoms with Gasteiger partial charge in [0, 0.05) is 5.02 Å². The summed E-state index contributed by atoms with van der Waals surface area (Å²) in [6, 6.07) is 4.86. The monoisotopic (exact) mass is 313 g/mol. The van der Waals surface area contributed by atoms with E-state index in [1.807, 2.05) is 13.8 Å². The number of nitrogens with zero attached hydrogens (tertiary/aromatic N) is 1. The predicted molar refractivity (Wildman–Crippen MR) is 77.5 cm³/mol. The zero-order valence-corrected chi connectivity index (χ0v) is 12.5. The second-order valence-corrected chi connectivity index (χ2v) is 5.67. The molecule has 0 bridgehead atoms. The van der Waals surface area contributed by atoms with Crippen LogP contribution in [0.4, 0.5) is 0 Å². The van der Waals surface area contributed by atoms with Crippen molar-refractivity contribution in [1.29, 1.82) is 0 Å². The van der Waals surface area contributed by atoms with Crippen molar-refractivity contribution in [1.82, 2.24) is 4.98 Å². The van der Waals surface area contributed by atoms with Crippen molar-refractivity contribution in [3.63, 3.8) is 0 Å². The maximum Gasteiger partial charge on any atom is 0.373 e. The van der Waals surface area contributed by atoms with Gasteiger partial charge in [-0.2, -0.15) is 0 Å². The summed E-state index contributed by atoms with van der Waals surface area (Å²) in [6.07, 6.45) is 0.524. The third-order valence-electron chi connectivity index (χ3n) is 2.65. The minimum absolute atomic E-state index is 0.139. The molecule has 2 rings (SSSR count). The number of carboxylic acids is 1. The number of halogens is 2. The van der Waals surface area contributed by atoms with Crippen molar-refractivity contribution in [2.75, 3.05) is 0 Å². The Balaban J connectivity index is 2.49. The van der Waals surface area contributed by atoms with Crippen LogP contribution in [0.1, 0.15) is 30.1 Å². The van der Waals surface area contributed by atoms with E-state index in [9.17, 15) is 4.79 Å². The van der Waals surface area contributed by atoms with Gasteiger partial charge in [0.25, 0.3) is 0 Å². The van der Waals surface area contributed by atoms with Crippen molar-refractivity contribution in [3.8, 4) is 11.5 Å². The highest BCUT2D eigenvalue weighted by Crippen LogP contribution is 2.31. The molecule has 0 saturated carbocycles. The second kappa shape index (κ2) is 5.85. The topological polar surface area (TPSA) is 63.3 Å². The quantitative estimate of drug-likeness (QED) is 0.899. The van der Waals surface area contributed by atoms with Gasteiger partial charge < -0.3 is 9.52 Å². The first-order chi connectivity index (χ1) is 9.38. The third kappa shape index (κ3) is 3.14. The second-order valence-electron chi connectivity index (χ2n) is 4.82. The average Bonchev–Trinajstić information content (AvgIpc) is 2.71. The fraction of sp³-hybridized carbons (Fsp3) is 0.286. The van der Waals surface area contributed by atoms with Gasteiger partial charge in [-0.05, 0) is 30.5 Å². The van der Waals surface area contributed by atoms with Crippen molar-refractivity contribution >= 4 is 29.2 Å². The number of aromatic nitrogens is 1. The van der Waals surface area contributed by atoms with Crippen LogP contribution in [0.25, 0.3) is 11.5 Å². The maximum atomic E-state index is 11.2. The Hall–Kier alpha value is -1.52. The zero-order valence-electron chi connectivity index (χ0n) is 11.0. The molecule has 1 N–H and O–H groups in total. The third-order valence-corrected chi connectivity index (χ3v) is 3.20. The fourth-order valence-corrected chi connectivity index (χ4v) is 2.31. The molecule has 0 fully saturated rings. The standard InChI is InChI=1S/C14H13Cl2NO3/c1-7(2)5-11-12(14(18)19)20-13(17-11)9-4-3-8(15)6-10(9)16/h3-4,6-7H,5H2,1-2H3,(H,18,19). The fourth-order valence-electron chi connectivity index (χ4n) is 1.82. The Bertz CT molecular complexity index is 650. The highest BCUT2D eigenvalue weighted by molar-refractivity contribution is 6.36. The highest BCUT2D eigenvalue weighted by atomic mass is 35.5. The number of aromatic carboxylic acids is 1. The lowest BCUT2D eigenvalue weighted by Crippen LogP contribution is -2.03. The summed E-state index contributed by atoms with van der Waals surface area (Å²) in [5.41, 5.74) is 0.946. The maximum absolute atomic E-state index is 11.2. The van der Waals surface area contributed by atoms with Crippen molar-refractivity contribution in [2.24, 2.45) is 5.92 Å². The van der Waals surface area contributed by atoms with Gasteiger partial charge >= 0.3 is 5.97 Å². The minimum Gasteiger partial charge on any atom is -0.475 e. The molecule has 1 heterocycles. The van der Waals surface area contributed by atoms with E-state index in [-0.39, 0.29) is 17.6 Å². The molecule has 0 spiro atoms. The van der Waals surface area contributed by atoms with Crippen molar-refractivity contribution < 1.29 is 14.3 Å². The number of hydrogen-bond donors (Lipinski definition) is 1. The van der Waals surface area contributed by atoms with Crippen LogP contribution in [-0.2, 0) is 6.42 Å². The van der Waals surface area contributed by atoms with E-state index in [4.69, 9.17) is 32.7 Å². The van der Waals surface area contributed by atoms with Crippen LogP contribution >= 0.6 is 23.2 Å². The molecule has 0 amide bonds. The van der Waals surface area contributed by atoms with E-state index >= 15 is 0 Å². The van der Waals surface area contributed by atoms with Gasteiger partial charge in [0.1, 0.15) is 0 Å². The molecule has 0 radical (unpaired) electrons. The summed E-state index contributed by atoms with van der Waals surface area (Å²) < 4.78 is 5.35. The molecule has 0 unspecified atom stereocenters. The van der Waals surface area contributed by atoms with Gasteiger partial charge in [-0.25, -0.2) is 9.78 Å². The largest absolute Gasteiger partial charge is 0.475 e. The lowest BCUT2D eigenvalue weighted by atomic mass is 10.1. The van der Waals surface area contributed by atoms with Gasteiger partial charge in [-0.3, -0.25) is 0 Å². The van der Waals surface area contributed by atoms with Gasteiger partial charge in [-0.15, -0.1) is 0 Å². The van der Waals surface area contributed by atoms with Crippen molar-refractivity contribution in [3.05, 3.63) is 39.7 Å². The Kier molecular flexibility index (Phi) is 4.35. The Morgan fingerprint density at radius 1 is 1.40 bits per heavy atom. The molecule has 20 heavy (non-hydrogen) atoms. The number of oxazole rings is 1. The average molecular weight is 314 g/mol. The van der Waals surface area contributed by atoms with E-state index < -0.39 is 5.97 Å². The number of hydrogen-bond acceptors (Lipinski definition) is 3. The van der Waals surface area contributed by atoms with Crippen LogP contribution < -0.4 is 0 Å². The minimum atomic E-state index is -1.13. The molecule has 6 heteroatoms. The number of carboxylic acid groups (broad SMARTS) is 1. The van der Waals surface area contributed by atoms with E-state index in [2.05, 4.69) is 4.98 Å². The Morgan fingerprint density at radius 3 is 2.65 bits per heavy atom. The first kappa shape index (κ1) is 14.9. The van der Waals surface area contributed by atoms with Crippen LogP contribution in [0.2, 0.25) is 10.0 Å². The molecule has 0 aliphatic heterocycles. The van der Waals surface area contributed by atoms with E-state index in [0.29, 0.717) is 27.7 Å². The molecule has 106 valence electrons. The Morgan fingerprint density at radius 2 is 2.10 bits per heavy atom. The summed E-state index contributed by atoms with van der Waals surface area (Å²) in [5.74, 6) is -0.810. The molecular formula is C14H13Cl2NO3. The van der Waals surface area contributed by atoms with Crippen LogP contribution in [0.3, 0.4) is 0 Å². The number of carbonyl (C=O) groups is 1. The predicted octanol–water partition coefficient (Wildman–Crippen LogP) is 4.55. The molecule has 0 aliphatic carbocycles. The zero-order chi connectivity index (χ0) is 14.9. The first-order valence-corrected chi connectivity index (χ1v) is 6.82. The van der Waals surface area contributed by atoms with Crippen LogP contribution in [0.5, 0.6) is 0 Å². The van der Waals surface area contributed by atoms with Gasteiger partial charge in [-0.1, -0.05) is 37.0 Å². The summed E-state index contributed by atoms with van der Waals surface area (Å²) in [4.78, 5) is 15.5.